The minimum atomic E-state index is 0.0978. The second-order valence-corrected chi connectivity index (χ2v) is 6.50. The first-order valence-electron chi connectivity index (χ1n) is 7.27. The molecule has 0 amide bonds. The lowest BCUT2D eigenvalue weighted by molar-refractivity contribution is 0.153. The molecule has 1 saturated heterocycles. The number of hydrogen-bond donors (Lipinski definition) is 1. The molecule has 1 aliphatic carbocycles. The molecule has 100 valence electrons. The van der Waals surface area contributed by atoms with Crippen LogP contribution in [0.2, 0.25) is 0 Å². The summed E-state index contributed by atoms with van der Waals surface area (Å²) in [7, 11) is 2.23. The van der Waals surface area contributed by atoms with Gasteiger partial charge < -0.3 is 15.5 Å². The van der Waals surface area contributed by atoms with Crippen LogP contribution in [0.3, 0.4) is 0 Å². The molecular formula is C14H29N3. The molecule has 3 heteroatoms. The molecule has 0 aromatic heterocycles. The van der Waals surface area contributed by atoms with E-state index in [0.29, 0.717) is 0 Å². The summed E-state index contributed by atoms with van der Waals surface area (Å²) in [6.45, 7) is 8.35. The van der Waals surface area contributed by atoms with Gasteiger partial charge in [0.2, 0.25) is 0 Å². The zero-order valence-electron chi connectivity index (χ0n) is 11.6. The van der Waals surface area contributed by atoms with Gasteiger partial charge in [-0.1, -0.05) is 19.8 Å². The van der Waals surface area contributed by atoms with Crippen molar-refractivity contribution in [2.45, 2.75) is 44.6 Å². The van der Waals surface area contributed by atoms with E-state index >= 15 is 0 Å². The van der Waals surface area contributed by atoms with Crippen LogP contribution in [0.25, 0.3) is 0 Å². The smallest absolute Gasteiger partial charge is 0.0285 e. The first kappa shape index (κ1) is 13.3. The van der Waals surface area contributed by atoms with Crippen molar-refractivity contribution in [3.63, 3.8) is 0 Å². The van der Waals surface area contributed by atoms with Crippen LogP contribution in [0, 0.1) is 5.92 Å². The van der Waals surface area contributed by atoms with Crippen molar-refractivity contribution in [1.29, 1.82) is 0 Å². The zero-order valence-corrected chi connectivity index (χ0v) is 11.6. The third-order valence-corrected chi connectivity index (χ3v) is 4.48. The highest BCUT2D eigenvalue weighted by Gasteiger charge is 2.32. The van der Waals surface area contributed by atoms with E-state index in [2.05, 4.69) is 23.8 Å². The largest absolute Gasteiger partial charge is 0.324 e. The van der Waals surface area contributed by atoms with Gasteiger partial charge in [-0.2, -0.15) is 0 Å². The zero-order chi connectivity index (χ0) is 12.3. The van der Waals surface area contributed by atoms with Crippen molar-refractivity contribution in [1.82, 2.24) is 9.80 Å². The Labute approximate surface area is 106 Å². The van der Waals surface area contributed by atoms with Crippen LogP contribution in [0.15, 0.2) is 0 Å². The van der Waals surface area contributed by atoms with Crippen molar-refractivity contribution < 1.29 is 0 Å². The van der Waals surface area contributed by atoms with Gasteiger partial charge in [0, 0.05) is 25.2 Å². The van der Waals surface area contributed by atoms with Gasteiger partial charge in [-0.05, 0) is 45.3 Å². The summed E-state index contributed by atoms with van der Waals surface area (Å²) < 4.78 is 0. The molecule has 2 rings (SSSR count). The average molecular weight is 239 g/mol. The van der Waals surface area contributed by atoms with Gasteiger partial charge in [0.25, 0.3) is 0 Å². The average Bonchev–Trinajstić information content (AvgIpc) is 2.43. The Morgan fingerprint density at radius 2 is 2.00 bits per heavy atom. The van der Waals surface area contributed by atoms with Crippen LogP contribution >= 0.6 is 0 Å². The van der Waals surface area contributed by atoms with E-state index in [-0.39, 0.29) is 5.54 Å². The number of rotatable bonds is 2. The van der Waals surface area contributed by atoms with Gasteiger partial charge in [0.1, 0.15) is 0 Å². The Balaban J connectivity index is 1.86. The Bertz CT molecular complexity index is 244. The number of likely N-dealkylation sites (N-methyl/N-ethyl adjacent to an activating group) is 1. The van der Waals surface area contributed by atoms with Crippen LogP contribution in [-0.2, 0) is 0 Å². The fourth-order valence-electron chi connectivity index (χ4n) is 3.55. The molecule has 1 saturated carbocycles. The monoisotopic (exact) mass is 239 g/mol. The van der Waals surface area contributed by atoms with E-state index in [1.54, 1.807) is 0 Å². The third kappa shape index (κ3) is 3.94. The summed E-state index contributed by atoms with van der Waals surface area (Å²) in [5.74, 6) is 0.823. The minimum Gasteiger partial charge on any atom is -0.324 e. The van der Waals surface area contributed by atoms with E-state index in [1.807, 2.05) is 0 Å². The second-order valence-electron chi connectivity index (χ2n) is 6.50. The van der Waals surface area contributed by atoms with Crippen molar-refractivity contribution in [3.05, 3.63) is 0 Å². The van der Waals surface area contributed by atoms with Gasteiger partial charge in [-0.15, -0.1) is 0 Å². The van der Waals surface area contributed by atoms with Crippen molar-refractivity contribution in [2.75, 3.05) is 39.8 Å². The number of nitrogens with zero attached hydrogens (tertiary/aromatic N) is 2. The van der Waals surface area contributed by atoms with Crippen molar-refractivity contribution in [2.24, 2.45) is 11.7 Å². The highest BCUT2D eigenvalue weighted by molar-refractivity contribution is 4.92. The molecule has 3 nitrogen and oxygen atoms in total. The second kappa shape index (κ2) is 5.68. The van der Waals surface area contributed by atoms with E-state index in [9.17, 15) is 0 Å². The molecule has 0 radical (unpaired) electrons. The summed E-state index contributed by atoms with van der Waals surface area (Å²) in [4.78, 5) is 5.04. The Morgan fingerprint density at radius 3 is 2.76 bits per heavy atom. The quantitative estimate of drug-likeness (QED) is 0.793. The predicted octanol–water partition coefficient (Wildman–Crippen LogP) is 1.53. The Hall–Kier alpha value is -0.120. The molecule has 1 aliphatic heterocycles. The Kier molecular flexibility index (Phi) is 4.45. The highest BCUT2D eigenvalue weighted by atomic mass is 15.2. The molecule has 0 spiro atoms. The van der Waals surface area contributed by atoms with Gasteiger partial charge in [-0.3, -0.25) is 0 Å². The summed E-state index contributed by atoms with van der Waals surface area (Å²) in [6.07, 6.45) is 6.44. The minimum absolute atomic E-state index is 0.0978. The molecule has 17 heavy (non-hydrogen) atoms. The van der Waals surface area contributed by atoms with E-state index in [4.69, 9.17) is 5.73 Å². The molecular weight excluding hydrogens is 210 g/mol. The molecule has 2 unspecified atom stereocenters. The lowest BCUT2D eigenvalue weighted by Gasteiger charge is -2.40. The fourth-order valence-corrected chi connectivity index (χ4v) is 3.55. The van der Waals surface area contributed by atoms with Crippen LogP contribution in [0.4, 0.5) is 0 Å². The third-order valence-electron chi connectivity index (χ3n) is 4.48. The molecule has 2 fully saturated rings. The van der Waals surface area contributed by atoms with Crippen molar-refractivity contribution in [3.8, 4) is 0 Å². The van der Waals surface area contributed by atoms with E-state index in [1.165, 1.54) is 58.3 Å². The van der Waals surface area contributed by atoms with Gasteiger partial charge in [0.15, 0.2) is 0 Å². The predicted molar refractivity (Wildman–Crippen MR) is 73.1 cm³/mol. The molecule has 2 aliphatic rings. The highest BCUT2D eigenvalue weighted by Crippen LogP contribution is 2.31. The summed E-state index contributed by atoms with van der Waals surface area (Å²) in [6, 6.07) is 0. The van der Waals surface area contributed by atoms with E-state index in [0.717, 1.165) is 12.5 Å². The van der Waals surface area contributed by atoms with Gasteiger partial charge in [0.05, 0.1) is 0 Å². The number of hydrogen-bond acceptors (Lipinski definition) is 3. The molecule has 2 atom stereocenters. The molecule has 0 aromatic carbocycles. The lowest BCUT2D eigenvalue weighted by atomic mass is 9.77. The lowest BCUT2D eigenvalue weighted by Crippen LogP contribution is -2.53. The number of nitrogens with two attached hydrogens (primary N) is 1. The van der Waals surface area contributed by atoms with Crippen LogP contribution in [-0.4, -0.2) is 55.1 Å². The Morgan fingerprint density at radius 1 is 1.18 bits per heavy atom. The SMILES string of the molecule is CC1CCCC(N)(CN2CCCN(C)CC2)C1. The van der Waals surface area contributed by atoms with Crippen molar-refractivity contribution >= 4 is 0 Å². The first-order valence-corrected chi connectivity index (χ1v) is 7.27. The van der Waals surface area contributed by atoms with Crippen LogP contribution in [0.5, 0.6) is 0 Å². The van der Waals surface area contributed by atoms with Crippen LogP contribution < -0.4 is 5.73 Å². The summed E-state index contributed by atoms with van der Waals surface area (Å²) in [5.41, 5.74) is 6.71. The molecule has 1 heterocycles. The first-order chi connectivity index (χ1) is 8.07. The summed E-state index contributed by atoms with van der Waals surface area (Å²) >= 11 is 0. The van der Waals surface area contributed by atoms with Gasteiger partial charge in [-0.25, -0.2) is 0 Å². The molecule has 0 bridgehead atoms. The van der Waals surface area contributed by atoms with Gasteiger partial charge >= 0.3 is 0 Å². The standard InChI is InChI=1S/C14H29N3/c1-13-5-3-6-14(15,11-13)12-17-8-4-7-16(2)9-10-17/h13H,3-12,15H2,1-2H3. The topological polar surface area (TPSA) is 32.5 Å². The molecule has 0 aromatic rings. The van der Waals surface area contributed by atoms with E-state index < -0.39 is 0 Å². The molecule has 2 N–H and O–H groups in total. The normalized spacial score (nSPS) is 37.9. The summed E-state index contributed by atoms with van der Waals surface area (Å²) in [5, 5.41) is 0. The maximum Gasteiger partial charge on any atom is 0.0285 e. The van der Waals surface area contributed by atoms with Crippen LogP contribution in [0.1, 0.15) is 39.0 Å². The maximum atomic E-state index is 6.61. The fraction of sp³-hybridized carbons (Fsp3) is 1.00. The maximum absolute atomic E-state index is 6.61.